The second-order valence-corrected chi connectivity index (χ2v) is 6.73. The summed E-state index contributed by atoms with van der Waals surface area (Å²) in [6.07, 6.45) is -0.426. The SMILES string of the molecule is O=C(O)[C@@H]1CN(C(=O)NC2CC3CCC2C3)C[C@H]1C(F)(F)F. The lowest BCUT2D eigenvalue weighted by Gasteiger charge is -2.26. The number of halogens is 3. The highest BCUT2D eigenvalue weighted by Gasteiger charge is 2.54. The first-order valence-corrected chi connectivity index (χ1v) is 7.60. The molecule has 1 heterocycles. The minimum atomic E-state index is -4.61. The molecule has 2 bridgehead atoms. The van der Waals surface area contributed by atoms with E-state index in [2.05, 4.69) is 5.32 Å². The van der Waals surface area contributed by atoms with Crippen molar-refractivity contribution >= 4 is 12.0 Å². The van der Waals surface area contributed by atoms with Gasteiger partial charge >= 0.3 is 18.2 Å². The smallest absolute Gasteiger partial charge is 0.394 e. The van der Waals surface area contributed by atoms with Gasteiger partial charge in [-0.15, -0.1) is 0 Å². The predicted octanol–water partition coefficient (Wildman–Crippen LogP) is 2.08. The molecule has 0 radical (unpaired) electrons. The number of aliphatic carboxylic acids is 1. The second-order valence-electron chi connectivity index (χ2n) is 6.73. The number of likely N-dealkylation sites (tertiary alicyclic amines) is 1. The van der Waals surface area contributed by atoms with Crippen molar-refractivity contribution in [3.05, 3.63) is 0 Å². The zero-order valence-electron chi connectivity index (χ0n) is 12.0. The van der Waals surface area contributed by atoms with Crippen LogP contribution in [0.2, 0.25) is 0 Å². The third-order valence-corrected chi connectivity index (χ3v) is 5.39. The Balaban J connectivity index is 1.62. The van der Waals surface area contributed by atoms with E-state index in [1.165, 1.54) is 0 Å². The van der Waals surface area contributed by atoms with E-state index in [0.717, 1.165) is 30.6 Å². The summed E-state index contributed by atoms with van der Waals surface area (Å²) in [6, 6.07) is -0.532. The number of fused-ring (bicyclic) bond motifs is 2. The van der Waals surface area contributed by atoms with Gasteiger partial charge in [0.15, 0.2) is 0 Å². The van der Waals surface area contributed by atoms with Crippen molar-refractivity contribution in [2.75, 3.05) is 13.1 Å². The number of carbonyl (C=O) groups is 2. The Bertz CT molecular complexity index is 482. The number of nitrogens with one attached hydrogen (secondary N) is 1. The van der Waals surface area contributed by atoms with E-state index in [9.17, 15) is 22.8 Å². The summed E-state index contributed by atoms with van der Waals surface area (Å²) in [7, 11) is 0. The highest BCUT2D eigenvalue weighted by Crippen LogP contribution is 2.44. The Morgan fingerprint density at radius 3 is 2.32 bits per heavy atom. The highest BCUT2D eigenvalue weighted by atomic mass is 19.4. The topological polar surface area (TPSA) is 69.6 Å². The van der Waals surface area contributed by atoms with Crippen LogP contribution >= 0.6 is 0 Å². The maximum atomic E-state index is 12.9. The van der Waals surface area contributed by atoms with Crippen LogP contribution < -0.4 is 5.32 Å². The Morgan fingerprint density at radius 1 is 1.14 bits per heavy atom. The Kier molecular flexibility index (Phi) is 3.72. The molecule has 5 nitrogen and oxygen atoms in total. The fourth-order valence-corrected chi connectivity index (χ4v) is 4.22. The molecular formula is C14H19F3N2O3. The molecule has 1 aliphatic heterocycles. The van der Waals surface area contributed by atoms with Gasteiger partial charge in [0.2, 0.25) is 0 Å². The molecule has 22 heavy (non-hydrogen) atoms. The first-order valence-electron chi connectivity index (χ1n) is 7.60. The second kappa shape index (κ2) is 5.31. The van der Waals surface area contributed by atoms with Gasteiger partial charge in [-0.05, 0) is 31.1 Å². The van der Waals surface area contributed by atoms with E-state index in [-0.39, 0.29) is 12.6 Å². The first-order chi connectivity index (χ1) is 10.3. The van der Waals surface area contributed by atoms with Crippen molar-refractivity contribution in [2.45, 2.75) is 37.9 Å². The van der Waals surface area contributed by atoms with Crippen LogP contribution in [0.4, 0.5) is 18.0 Å². The van der Waals surface area contributed by atoms with Crippen LogP contribution in [0.1, 0.15) is 25.7 Å². The van der Waals surface area contributed by atoms with Gasteiger partial charge in [-0.2, -0.15) is 13.2 Å². The van der Waals surface area contributed by atoms with Gasteiger partial charge in [-0.25, -0.2) is 4.79 Å². The van der Waals surface area contributed by atoms with Gasteiger partial charge < -0.3 is 15.3 Å². The van der Waals surface area contributed by atoms with Crippen molar-refractivity contribution in [2.24, 2.45) is 23.7 Å². The molecule has 0 aromatic carbocycles. The third kappa shape index (κ3) is 2.75. The number of nitrogens with zero attached hydrogens (tertiary/aromatic N) is 1. The minimum absolute atomic E-state index is 0.0273. The van der Waals surface area contributed by atoms with E-state index in [1.54, 1.807) is 0 Å². The molecule has 0 aromatic rings. The van der Waals surface area contributed by atoms with Crippen molar-refractivity contribution < 1.29 is 27.9 Å². The number of carbonyl (C=O) groups excluding carboxylic acids is 1. The normalized spacial score (nSPS) is 37.6. The molecule has 3 rings (SSSR count). The van der Waals surface area contributed by atoms with Crippen molar-refractivity contribution in [1.29, 1.82) is 0 Å². The molecule has 3 unspecified atom stereocenters. The quantitative estimate of drug-likeness (QED) is 0.818. The number of urea groups is 1. The Hall–Kier alpha value is -1.47. The van der Waals surface area contributed by atoms with Crippen LogP contribution in [0, 0.1) is 23.7 Å². The molecule has 8 heteroatoms. The molecule has 0 spiro atoms. The van der Waals surface area contributed by atoms with Crippen LogP contribution in [0.5, 0.6) is 0 Å². The lowest BCUT2D eigenvalue weighted by Crippen LogP contribution is -2.46. The van der Waals surface area contributed by atoms with Gasteiger partial charge in [0.05, 0.1) is 11.8 Å². The van der Waals surface area contributed by atoms with Crippen molar-refractivity contribution in [1.82, 2.24) is 10.2 Å². The molecule has 2 amide bonds. The Morgan fingerprint density at radius 2 is 1.86 bits per heavy atom. The summed E-state index contributed by atoms with van der Waals surface area (Å²) >= 11 is 0. The predicted molar refractivity (Wildman–Crippen MR) is 70.0 cm³/mol. The lowest BCUT2D eigenvalue weighted by atomic mass is 9.95. The van der Waals surface area contributed by atoms with Crippen LogP contribution in [-0.4, -0.2) is 47.3 Å². The standard InChI is InChI=1S/C14H19F3N2O3/c15-14(16,17)10-6-19(5-9(10)12(20)21)13(22)18-11-4-7-1-2-8(11)3-7/h7-11H,1-6H2,(H,18,22)(H,20,21)/t7?,8?,9-,10-,11?/m1/s1. The number of alkyl halides is 3. The van der Waals surface area contributed by atoms with Crippen LogP contribution in [-0.2, 0) is 4.79 Å². The van der Waals surface area contributed by atoms with E-state index < -0.39 is 36.6 Å². The average molecular weight is 320 g/mol. The van der Waals surface area contributed by atoms with Gasteiger partial charge in [0.25, 0.3) is 0 Å². The minimum Gasteiger partial charge on any atom is -0.481 e. The zero-order valence-corrected chi connectivity index (χ0v) is 12.0. The summed E-state index contributed by atoms with van der Waals surface area (Å²) in [5.74, 6) is -4.03. The van der Waals surface area contributed by atoms with Crippen LogP contribution in [0.3, 0.4) is 0 Å². The van der Waals surface area contributed by atoms with Gasteiger partial charge in [0.1, 0.15) is 0 Å². The summed E-state index contributed by atoms with van der Waals surface area (Å²) < 4.78 is 38.7. The molecular weight excluding hydrogens is 301 g/mol. The fraction of sp³-hybridized carbons (Fsp3) is 0.857. The monoisotopic (exact) mass is 320 g/mol. The number of rotatable bonds is 2. The van der Waals surface area contributed by atoms with E-state index in [4.69, 9.17) is 5.11 Å². The summed E-state index contributed by atoms with van der Waals surface area (Å²) in [5, 5.41) is 11.8. The van der Waals surface area contributed by atoms with E-state index in [1.807, 2.05) is 0 Å². The van der Waals surface area contributed by atoms with E-state index in [0.29, 0.717) is 11.8 Å². The molecule has 0 aromatic heterocycles. The fourth-order valence-electron chi connectivity index (χ4n) is 4.22. The van der Waals surface area contributed by atoms with Gasteiger partial charge in [-0.1, -0.05) is 6.42 Å². The maximum Gasteiger partial charge on any atom is 0.394 e. The molecule has 2 saturated carbocycles. The average Bonchev–Trinajstić information content (AvgIpc) is 3.12. The summed E-state index contributed by atoms with van der Waals surface area (Å²) in [5.41, 5.74) is 0. The highest BCUT2D eigenvalue weighted by molar-refractivity contribution is 5.78. The third-order valence-electron chi connectivity index (χ3n) is 5.39. The number of carboxylic acids is 1. The molecule has 2 aliphatic carbocycles. The largest absolute Gasteiger partial charge is 0.481 e. The molecule has 1 saturated heterocycles. The van der Waals surface area contributed by atoms with Crippen LogP contribution in [0.15, 0.2) is 0 Å². The number of carboxylic acid groups (broad SMARTS) is 1. The Labute approximate surface area is 125 Å². The number of amides is 2. The number of hydrogen-bond donors (Lipinski definition) is 2. The molecule has 3 aliphatic rings. The molecule has 124 valence electrons. The lowest BCUT2D eigenvalue weighted by molar-refractivity contribution is -0.187. The van der Waals surface area contributed by atoms with Crippen molar-refractivity contribution in [3.8, 4) is 0 Å². The first kappa shape index (κ1) is 15.4. The van der Waals surface area contributed by atoms with Crippen molar-refractivity contribution in [3.63, 3.8) is 0 Å². The van der Waals surface area contributed by atoms with E-state index >= 15 is 0 Å². The van der Waals surface area contributed by atoms with Gasteiger partial charge in [0, 0.05) is 19.1 Å². The summed E-state index contributed by atoms with van der Waals surface area (Å²) in [6.45, 7) is -0.959. The molecule has 3 fully saturated rings. The zero-order chi connectivity index (χ0) is 16.1. The van der Waals surface area contributed by atoms with Gasteiger partial charge in [-0.3, -0.25) is 4.79 Å². The number of hydrogen-bond acceptors (Lipinski definition) is 2. The maximum absolute atomic E-state index is 12.9. The van der Waals surface area contributed by atoms with Crippen LogP contribution in [0.25, 0.3) is 0 Å². The summed E-state index contributed by atoms with van der Waals surface area (Å²) in [4.78, 5) is 24.2. The molecule has 5 atom stereocenters. The molecule has 2 N–H and O–H groups in total.